The summed E-state index contributed by atoms with van der Waals surface area (Å²) in [7, 11) is 1.65. The van der Waals surface area contributed by atoms with Crippen LogP contribution >= 0.6 is 0 Å². The summed E-state index contributed by atoms with van der Waals surface area (Å²) in [5.74, 6) is 1.56. The number of nitrogens with zero attached hydrogens (tertiary/aromatic N) is 2. The highest BCUT2D eigenvalue weighted by Crippen LogP contribution is 2.29. The molecule has 2 rings (SSSR count). The predicted molar refractivity (Wildman–Crippen MR) is 97.2 cm³/mol. The largest absolute Gasteiger partial charge is 0.472 e. The molecule has 1 aromatic carbocycles. The second-order valence-electron chi connectivity index (χ2n) is 6.19. The number of benzene rings is 1. The molecule has 5 nitrogen and oxygen atoms in total. The maximum absolute atomic E-state index is 13.5. The first-order valence-electron chi connectivity index (χ1n) is 8.40. The highest BCUT2D eigenvalue weighted by Gasteiger charge is 2.16. The van der Waals surface area contributed by atoms with E-state index in [1.165, 1.54) is 12.1 Å². The Morgan fingerprint density at radius 3 is 2.32 bits per heavy atom. The standard InChI is InChI=1S/C19H26FN3O2/c1-7-16(10-24-6)25-19-13(4)18(21-14(5)22-19)23-17-11(2)8-15(20)9-12(17)3/h8-9,16H,7,10H2,1-6H3,(H,21,22,23). The van der Waals surface area contributed by atoms with E-state index in [1.807, 2.05) is 34.6 Å². The van der Waals surface area contributed by atoms with Crippen LogP contribution in [0.25, 0.3) is 0 Å². The third-order valence-corrected chi connectivity index (χ3v) is 4.04. The lowest BCUT2D eigenvalue weighted by atomic mass is 10.1. The van der Waals surface area contributed by atoms with Gasteiger partial charge in [-0.2, -0.15) is 4.98 Å². The lowest BCUT2D eigenvalue weighted by Crippen LogP contribution is -2.22. The molecule has 0 bridgehead atoms. The molecule has 1 N–H and O–H groups in total. The average Bonchev–Trinajstić information content (AvgIpc) is 2.54. The first kappa shape index (κ1) is 19.1. The Morgan fingerprint density at radius 1 is 1.12 bits per heavy atom. The Morgan fingerprint density at radius 2 is 1.76 bits per heavy atom. The Kier molecular flexibility index (Phi) is 6.31. The number of aryl methyl sites for hydroxylation is 3. The van der Waals surface area contributed by atoms with Crippen LogP contribution in [-0.2, 0) is 4.74 Å². The number of rotatable bonds is 7. The maximum Gasteiger partial charge on any atom is 0.222 e. The lowest BCUT2D eigenvalue weighted by Gasteiger charge is -2.20. The van der Waals surface area contributed by atoms with Gasteiger partial charge in [-0.3, -0.25) is 0 Å². The van der Waals surface area contributed by atoms with E-state index in [-0.39, 0.29) is 11.9 Å². The number of nitrogens with one attached hydrogen (secondary N) is 1. The van der Waals surface area contributed by atoms with Crippen LogP contribution in [0.3, 0.4) is 0 Å². The Labute approximate surface area is 148 Å². The van der Waals surface area contributed by atoms with Crippen molar-refractivity contribution in [1.82, 2.24) is 9.97 Å². The van der Waals surface area contributed by atoms with Crippen LogP contribution in [0.2, 0.25) is 0 Å². The van der Waals surface area contributed by atoms with Crippen LogP contribution in [0.5, 0.6) is 5.88 Å². The van der Waals surface area contributed by atoms with Gasteiger partial charge in [0.15, 0.2) is 0 Å². The van der Waals surface area contributed by atoms with Gasteiger partial charge < -0.3 is 14.8 Å². The minimum atomic E-state index is -0.245. The summed E-state index contributed by atoms with van der Waals surface area (Å²) in [6.45, 7) is 10.00. The van der Waals surface area contributed by atoms with Crippen LogP contribution in [0.1, 0.15) is 35.9 Å². The third kappa shape index (κ3) is 4.66. The summed E-state index contributed by atoms with van der Waals surface area (Å²) < 4.78 is 24.7. The molecule has 25 heavy (non-hydrogen) atoms. The minimum absolute atomic E-state index is 0.0693. The molecule has 0 radical (unpaired) electrons. The zero-order valence-corrected chi connectivity index (χ0v) is 15.7. The monoisotopic (exact) mass is 347 g/mol. The average molecular weight is 347 g/mol. The highest BCUT2D eigenvalue weighted by atomic mass is 19.1. The van der Waals surface area contributed by atoms with Gasteiger partial charge in [-0.25, -0.2) is 9.37 Å². The summed E-state index contributed by atoms with van der Waals surface area (Å²) in [6, 6.07) is 3.00. The zero-order chi connectivity index (χ0) is 18.6. The molecule has 0 saturated carbocycles. The van der Waals surface area contributed by atoms with E-state index < -0.39 is 0 Å². The summed E-state index contributed by atoms with van der Waals surface area (Å²) in [6.07, 6.45) is 0.745. The fraction of sp³-hybridized carbons (Fsp3) is 0.474. The van der Waals surface area contributed by atoms with Crippen molar-refractivity contribution in [3.05, 3.63) is 40.5 Å². The summed E-state index contributed by atoms with van der Waals surface area (Å²) in [4.78, 5) is 8.90. The quantitative estimate of drug-likeness (QED) is 0.805. The fourth-order valence-electron chi connectivity index (χ4n) is 2.64. The number of ether oxygens (including phenoxy) is 2. The molecular weight excluding hydrogens is 321 g/mol. The molecule has 0 aliphatic carbocycles. The van der Waals surface area contributed by atoms with Crippen LogP contribution in [0.15, 0.2) is 12.1 Å². The number of aromatic nitrogens is 2. The minimum Gasteiger partial charge on any atom is -0.472 e. The molecule has 1 atom stereocenters. The molecule has 1 heterocycles. The van der Waals surface area contributed by atoms with E-state index in [0.717, 1.165) is 28.8 Å². The molecule has 1 unspecified atom stereocenters. The van der Waals surface area contributed by atoms with Crippen molar-refractivity contribution in [1.29, 1.82) is 0 Å². The molecular formula is C19H26FN3O2. The van der Waals surface area contributed by atoms with E-state index in [1.54, 1.807) is 7.11 Å². The maximum atomic E-state index is 13.5. The van der Waals surface area contributed by atoms with Gasteiger partial charge in [0.1, 0.15) is 23.6 Å². The van der Waals surface area contributed by atoms with E-state index >= 15 is 0 Å². The van der Waals surface area contributed by atoms with Crippen LogP contribution in [0, 0.1) is 33.5 Å². The Bertz CT molecular complexity index is 727. The molecule has 0 aliphatic rings. The second kappa shape index (κ2) is 8.25. The van der Waals surface area contributed by atoms with Gasteiger partial charge in [-0.05, 0) is 57.4 Å². The molecule has 0 aliphatic heterocycles. The summed E-state index contributed by atoms with van der Waals surface area (Å²) >= 11 is 0. The van der Waals surface area contributed by atoms with Gasteiger partial charge in [0, 0.05) is 12.8 Å². The van der Waals surface area contributed by atoms with Crippen molar-refractivity contribution in [2.75, 3.05) is 19.0 Å². The van der Waals surface area contributed by atoms with E-state index in [2.05, 4.69) is 15.3 Å². The van der Waals surface area contributed by atoms with Crippen molar-refractivity contribution < 1.29 is 13.9 Å². The van der Waals surface area contributed by atoms with E-state index in [4.69, 9.17) is 9.47 Å². The van der Waals surface area contributed by atoms with E-state index in [0.29, 0.717) is 24.1 Å². The molecule has 1 aromatic heterocycles. The van der Waals surface area contributed by atoms with Gasteiger partial charge in [0.2, 0.25) is 5.88 Å². The van der Waals surface area contributed by atoms with Crippen molar-refractivity contribution in [2.45, 2.75) is 47.1 Å². The van der Waals surface area contributed by atoms with Gasteiger partial charge in [-0.1, -0.05) is 6.92 Å². The van der Waals surface area contributed by atoms with Gasteiger partial charge in [0.25, 0.3) is 0 Å². The summed E-state index contributed by atoms with van der Waals surface area (Å²) in [5, 5.41) is 3.31. The van der Waals surface area contributed by atoms with Gasteiger partial charge in [-0.15, -0.1) is 0 Å². The topological polar surface area (TPSA) is 56.3 Å². The van der Waals surface area contributed by atoms with Crippen LogP contribution < -0.4 is 10.1 Å². The molecule has 136 valence electrons. The van der Waals surface area contributed by atoms with Crippen molar-refractivity contribution in [3.8, 4) is 5.88 Å². The molecule has 0 saturated heterocycles. The molecule has 2 aromatic rings. The fourth-order valence-corrected chi connectivity index (χ4v) is 2.64. The molecule has 0 fully saturated rings. The highest BCUT2D eigenvalue weighted by molar-refractivity contribution is 5.67. The Balaban J connectivity index is 2.36. The predicted octanol–water partition coefficient (Wildman–Crippen LogP) is 4.40. The van der Waals surface area contributed by atoms with Crippen molar-refractivity contribution in [2.24, 2.45) is 0 Å². The lowest BCUT2D eigenvalue weighted by molar-refractivity contribution is 0.0750. The van der Waals surface area contributed by atoms with Gasteiger partial charge >= 0.3 is 0 Å². The smallest absolute Gasteiger partial charge is 0.222 e. The van der Waals surface area contributed by atoms with Crippen molar-refractivity contribution >= 4 is 11.5 Å². The molecule has 0 spiro atoms. The SMILES string of the molecule is CCC(COC)Oc1nc(C)nc(Nc2c(C)cc(F)cc2C)c1C. The number of hydrogen-bond acceptors (Lipinski definition) is 5. The summed E-state index contributed by atoms with van der Waals surface area (Å²) in [5.41, 5.74) is 3.30. The third-order valence-electron chi connectivity index (χ3n) is 4.04. The number of methoxy groups -OCH3 is 1. The van der Waals surface area contributed by atoms with Gasteiger partial charge in [0.05, 0.1) is 12.2 Å². The number of halogens is 1. The van der Waals surface area contributed by atoms with Crippen molar-refractivity contribution in [3.63, 3.8) is 0 Å². The molecule has 0 amide bonds. The first-order valence-corrected chi connectivity index (χ1v) is 8.40. The van der Waals surface area contributed by atoms with Crippen LogP contribution in [-0.4, -0.2) is 29.8 Å². The first-order chi connectivity index (χ1) is 11.8. The molecule has 6 heteroatoms. The number of anilines is 2. The zero-order valence-electron chi connectivity index (χ0n) is 15.7. The van der Waals surface area contributed by atoms with E-state index in [9.17, 15) is 4.39 Å². The van der Waals surface area contributed by atoms with Crippen LogP contribution in [0.4, 0.5) is 15.9 Å². The Hall–Kier alpha value is -2.21. The second-order valence-corrected chi connectivity index (χ2v) is 6.19. The number of hydrogen-bond donors (Lipinski definition) is 1. The normalized spacial score (nSPS) is 12.1.